The molecular weight excluding hydrogens is 410 g/mol. The van der Waals surface area contributed by atoms with Crippen molar-refractivity contribution in [1.29, 1.82) is 0 Å². The van der Waals surface area contributed by atoms with Crippen LogP contribution in [0.5, 0.6) is 0 Å². The van der Waals surface area contributed by atoms with Gasteiger partial charge in [0.05, 0.1) is 0 Å². The zero-order chi connectivity index (χ0) is 10.2. The van der Waals surface area contributed by atoms with E-state index < -0.39 is 8.24 Å². The van der Waals surface area contributed by atoms with Crippen molar-refractivity contribution in [2.75, 3.05) is 0 Å². The standard InChI is InChI=1S/C11H23BNSi.3ClH.Sn/c1-14(2,3)13-12-10-6-4-7-11(12)9-5-8-10;;;;/h10-11H,4-9H2,1-3H3;3*1H;/q-1;;;;+4/p-3. The molecule has 0 amide bonds. The third kappa shape index (κ3) is 7.07. The number of nitrogens with zero attached hydrogens (tertiary/aromatic N) is 1. The van der Waals surface area contributed by atoms with Gasteiger partial charge in [0.25, 0.3) is 0 Å². The van der Waals surface area contributed by atoms with Gasteiger partial charge < -0.3 is 42.1 Å². The van der Waals surface area contributed by atoms with E-state index in [4.69, 9.17) is 4.89 Å². The summed E-state index contributed by atoms with van der Waals surface area (Å²) in [5.74, 6) is 1.93. The zero-order valence-corrected chi connectivity index (χ0v) is 17.7. The van der Waals surface area contributed by atoms with Gasteiger partial charge in [-0.15, -0.1) is 0 Å². The van der Waals surface area contributed by atoms with E-state index in [9.17, 15) is 0 Å². The van der Waals surface area contributed by atoms with Crippen molar-refractivity contribution < 1.29 is 37.2 Å². The van der Waals surface area contributed by atoms with Crippen molar-refractivity contribution in [2.45, 2.75) is 69.8 Å². The van der Waals surface area contributed by atoms with Crippen molar-refractivity contribution in [3.8, 4) is 0 Å². The minimum absolute atomic E-state index is 0. The Bertz CT molecular complexity index is 197. The number of halogens is 3. The molecule has 0 radical (unpaired) electrons. The van der Waals surface area contributed by atoms with E-state index in [-0.39, 0.29) is 61.1 Å². The van der Waals surface area contributed by atoms with Gasteiger partial charge in [0.1, 0.15) is 0 Å². The maximum atomic E-state index is 5.19. The summed E-state index contributed by atoms with van der Waals surface area (Å²) in [6.45, 7) is 7.93. The third-order valence-electron chi connectivity index (χ3n) is 3.80. The van der Waals surface area contributed by atoms with Crippen LogP contribution in [-0.2, 0) is 0 Å². The first-order valence-electron chi connectivity index (χ1n) is 6.28. The van der Waals surface area contributed by atoms with Crippen LogP contribution in [0.15, 0.2) is 0 Å². The largest absolute Gasteiger partial charge is 4.00 e. The molecule has 2 rings (SSSR count). The first-order valence-corrected chi connectivity index (χ1v) is 9.73. The van der Waals surface area contributed by atoms with Crippen molar-refractivity contribution in [1.82, 2.24) is 0 Å². The summed E-state index contributed by atoms with van der Waals surface area (Å²) in [6, 6.07) is 0. The first-order chi connectivity index (χ1) is 6.56. The van der Waals surface area contributed by atoms with Crippen molar-refractivity contribution in [2.24, 2.45) is 0 Å². The fraction of sp³-hybridized carbons (Fsp3) is 1.00. The van der Waals surface area contributed by atoms with E-state index in [2.05, 4.69) is 19.6 Å². The van der Waals surface area contributed by atoms with Crippen LogP contribution in [0.3, 0.4) is 0 Å². The quantitative estimate of drug-likeness (QED) is 0.388. The average molecular weight is 433 g/mol. The van der Waals surface area contributed by atoms with Crippen LogP contribution in [0.4, 0.5) is 0 Å². The van der Waals surface area contributed by atoms with Gasteiger partial charge in [-0.25, -0.2) is 0 Å². The van der Waals surface area contributed by atoms with E-state index >= 15 is 0 Å². The first kappa shape index (κ1) is 24.9. The van der Waals surface area contributed by atoms with Gasteiger partial charge in [0.2, 0.25) is 0 Å². The molecule has 104 valence electrons. The van der Waals surface area contributed by atoms with E-state index in [1.807, 2.05) is 0 Å². The van der Waals surface area contributed by atoms with Gasteiger partial charge in [-0.2, -0.15) is 0 Å². The molecule has 0 aromatic carbocycles. The Morgan fingerprint density at radius 3 is 1.44 bits per heavy atom. The molecule has 0 spiro atoms. The van der Waals surface area contributed by atoms with Gasteiger partial charge in [0, 0.05) is 6.85 Å². The molecular formula is C11H23BCl3NSiSn. The normalized spacial score (nSPS) is 25.8. The van der Waals surface area contributed by atoms with Crippen LogP contribution in [0, 0.1) is 0 Å². The molecule has 18 heavy (non-hydrogen) atoms. The average Bonchev–Trinajstić information content (AvgIpc) is 1.99. The SMILES string of the molecule is C[Si](C)(C)[N-]B1C2CCCC1CCC2.[Cl-].[Cl-].[Cl-].[Sn+4]. The Kier molecular flexibility index (Phi) is 14.7. The van der Waals surface area contributed by atoms with Gasteiger partial charge in [0.15, 0.2) is 0 Å². The van der Waals surface area contributed by atoms with E-state index in [0.717, 1.165) is 18.5 Å². The summed E-state index contributed by atoms with van der Waals surface area (Å²) in [7, 11) is -1.19. The third-order valence-corrected chi connectivity index (χ3v) is 4.87. The van der Waals surface area contributed by atoms with Gasteiger partial charge in [-0.1, -0.05) is 78.0 Å². The van der Waals surface area contributed by atoms with E-state index in [1.165, 1.54) is 38.5 Å². The predicted octanol–water partition coefficient (Wildman–Crippen LogP) is -5.07. The Morgan fingerprint density at radius 2 is 1.17 bits per heavy atom. The Morgan fingerprint density at radius 1 is 0.833 bits per heavy atom. The molecule has 2 fully saturated rings. The number of fused-ring (bicyclic) bond motifs is 2. The molecule has 7 heteroatoms. The minimum Gasteiger partial charge on any atom is -1.00 e. The van der Waals surface area contributed by atoms with Gasteiger partial charge in [-0.05, 0) is 0 Å². The van der Waals surface area contributed by atoms with Crippen LogP contribution in [0.2, 0.25) is 31.3 Å². The molecule has 2 aliphatic rings. The summed E-state index contributed by atoms with van der Waals surface area (Å²) in [5.41, 5.74) is 0. The minimum atomic E-state index is -1.19. The van der Waals surface area contributed by atoms with Gasteiger partial charge >= 0.3 is 23.9 Å². The summed E-state index contributed by atoms with van der Waals surface area (Å²) in [6.07, 6.45) is 8.83. The molecule has 2 saturated heterocycles. The summed E-state index contributed by atoms with van der Waals surface area (Å²) < 4.78 is 0. The van der Waals surface area contributed by atoms with Crippen LogP contribution in [0.1, 0.15) is 38.5 Å². The second-order valence-corrected chi connectivity index (χ2v) is 10.8. The smallest absolute Gasteiger partial charge is 1.00 e. The van der Waals surface area contributed by atoms with Crippen LogP contribution < -0.4 is 37.2 Å². The van der Waals surface area contributed by atoms with E-state index in [0.29, 0.717) is 0 Å². The van der Waals surface area contributed by atoms with E-state index in [1.54, 1.807) is 0 Å². The van der Waals surface area contributed by atoms with Gasteiger partial charge in [-0.3, -0.25) is 0 Å². The topological polar surface area (TPSA) is 14.1 Å². The molecule has 2 heterocycles. The number of hydrogen-bond donors (Lipinski definition) is 0. The van der Waals surface area contributed by atoms with Crippen LogP contribution in [0.25, 0.3) is 4.89 Å². The van der Waals surface area contributed by atoms with Crippen molar-refractivity contribution >= 4 is 39.0 Å². The molecule has 0 atom stereocenters. The molecule has 0 aromatic heterocycles. The molecule has 2 aliphatic heterocycles. The molecule has 2 bridgehead atoms. The molecule has 1 nitrogen and oxygen atoms in total. The van der Waals surface area contributed by atoms with Crippen molar-refractivity contribution in [3.63, 3.8) is 0 Å². The maximum Gasteiger partial charge on any atom is 4.00 e. The zero-order valence-electron chi connectivity index (χ0n) is 11.6. The second kappa shape index (κ2) is 10.6. The molecule has 0 aliphatic carbocycles. The molecule has 0 saturated carbocycles. The summed E-state index contributed by atoms with van der Waals surface area (Å²) in [4.78, 5) is 5.19. The monoisotopic (exact) mass is 433 g/mol. The number of hydrogen-bond acceptors (Lipinski definition) is 0. The Balaban J connectivity index is -0.000000562. The maximum absolute atomic E-state index is 5.19. The van der Waals surface area contributed by atoms with Crippen LogP contribution in [-0.4, -0.2) is 39.0 Å². The molecule has 0 N–H and O–H groups in total. The number of rotatable bonds is 2. The Labute approximate surface area is 150 Å². The molecule has 0 unspecified atom stereocenters. The Hall–Kier alpha value is 1.91. The predicted molar refractivity (Wildman–Crippen MR) is 73.4 cm³/mol. The fourth-order valence-corrected chi connectivity index (χ4v) is 4.62. The van der Waals surface area contributed by atoms with Crippen molar-refractivity contribution in [3.05, 3.63) is 4.89 Å². The summed E-state index contributed by atoms with van der Waals surface area (Å²) in [5, 5.41) is 0. The second-order valence-electron chi connectivity index (χ2n) is 6.17. The molecule has 0 aromatic rings. The van der Waals surface area contributed by atoms with Crippen LogP contribution >= 0.6 is 0 Å². The summed E-state index contributed by atoms with van der Waals surface area (Å²) >= 11 is 0. The fourth-order valence-electron chi connectivity index (χ4n) is 3.30.